The van der Waals surface area contributed by atoms with Gasteiger partial charge in [-0.2, -0.15) is 9.78 Å². The van der Waals surface area contributed by atoms with Crippen LogP contribution in [0.5, 0.6) is 23.0 Å². The third kappa shape index (κ3) is 5.35. The molecule has 0 radical (unpaired) electrons. The van der Waals surface area contributed by atoms with Crippen LogP contribution < -0.4 is 25.1 Å². The number of benzene rings is 3. The number of pyridine rings is 1. The molecule has 202 valence electrons. The molecule has 0 saturated carbocycles. The Kier molecular flexibility index (Phi) is 7.46. The molecule has 40 heavy (non-hydrogen) atoms. The van der Waals surface area contributed by atoms with E-state index in [0.29, 0.717) is 45.5 Å². The van der Waals surface area contributed by atoms with Gasteiger partial charge < -0.3 is 19.5 Å². The predicted molar refractivity (Wildman–Crippen MR) is 153 cm³/mol. The smallest absolute Gasteiger partial charge is 0.276 e. The van der Waals surface area contributed by atoms with Crippen LogP contribution in [-0.4, -0.2) is 34.9 Å². The quantitative estimate of drug-likeness (QED) is 0.271. The summed E-state index contributed by atoms with van der Waals surface area (Å²) in [7, 11) is 3.15. The van der Waals surface area contributed by atoms with E-state index in [1.807, 2.05) is 30.3 Å². The molecule has 9 nitrogen and oxygen atoms in total. The zero-order valence-corrected chi connectivity index (χ0v) is 22.6. The van der Waals surface area contributed by atoms with Crippen molar-refractivity contribution in [2.24, 2.45) is 0 Å². The Morgan fingerprint density at radius 1 is 0.900 bits per heavy atom. The fraction of sp³-hybridized carbons (Fsp3) is 0.161. The highest BCUT2D eigenvalue weighted by Crippen LogP contribution is 2.37. The Bertz CT molecular complexity index is 1750. The van der Waals surface area contributed by atoms with E-state index in [1.54, 1.807) is 63.7 Å². The minimum Gasteiger partial charge on any atom is -0.493 e. The Labute approximate surface area is 231 Å². The van der Waals surface area contributed by atoms with Gasteiger partial charge in [0.05, 0.1) is 25.4 Å². The number of aromatic nitrogens is 3. The van der Waals surface area contributed by atoms with Gasteiger partial charge in [-0.05, 0) is 73.0 Å². The van der Waals surface area contributed by atoms with Crippen molar-refractivity contribution in [3.8, 4) is 28.7 Å². The zero-order chi connectivity index (χ0) is 28.2. The maximum Gasteiger partial charge on any atom is 0.276 e. The molecular weight excluding hydrogens is 508 g/mol. The van der Waals surface area contributed by atoms with Crippen molar-refractivity contribution in [3.63, 3.8) is 0 Å². The molecule has 2 aromatic heterocycles. The Hall–Kier alpha value is -5.18. The molecule has 5 aromatic rings. The molecule has 9 heteroatoms. The number of rotatable bonds is 8. The van der Waals surface area contributed by atoms with Crippen LogP contribution in [0.2, 0.25) is 0 Å². The van der Waals surface area contributed by atoms with E-state index in [9.17, 15) is 9.59 Å². The summed E-state index contributed by atoms with van der Waals surface area (Å²) in [6.07, 6.45) is 2.54. The lowest BCUT2D eigenvalue weighted by molar-refractivity contribution is 0.102. The Morgan fingerprint density at radius 3 is 2.27 bits per heavy atom. The minimum absolute atomic E-state index is 0.159. The van der Waals surface area contributed by atoms with Gasteiger partial charge in [-0.3, -0.25) is 14.6 Å². The lowest BCUT2D eigenvalue weighted by Gasteiger charge is -2.13. The molecule has 2 heterocycles. The molecule has 0 aliphatic carbocycles. The highest BCUT2D eigenvalue weighted by molar-refractivity contribution is 6.03. The normalized spacial score (nSPS) is 10.8. The van der Waals surface area contributed by atoms with Crippen molar-refractivity contribution in [2.75, 3.05) is 19.5 Å². The van der Waals surface area contributed by atoms with Crippen LogP contribution in [0.15, 0.2) is 83.8 Å². The average Bonchev–Trinajstić information content (AvgIpc) is 2.97. The van der Waals surface area contributed by atoms with E-state index >= 15 is 0 Å². The van der Waals surface area contributed by atoms with Crippen molar-refractivity contribution < 1.29 is 19.0 Å². The van der Waals surface area contributed by atoms with Crippen LogP contribution in [0.1, 0.15) is 28.5 Å². The number of hydrogen-bond acceptors (Lipinski definition) is 7. The minimum atomic E-state index is -0.425. The molecule has 0 aliphatic heterocycles. The number of ether oxygens (including phenoxy) is 3. The van der Waals surface area contributed by atoms with Gasteiger partial charge in [0.25, 0.3) is 11.5 Å². The molecule has 5 rings (SSSR count). The van der Waals surface area contributed by atoms with Crippen LogP contribution in [0.4, 0.5) is 5.69 Å². The summed E-state index contributed by atoms with van der Waals surface area (Å²) in [5, 5.41) is 7.98. The summed E-state index contributed by atoms with van der Waals surface area (Å²) >= 11 is 0. The number of aryl methyl sites for hydroxylation is 2. The third-order valence-corrected chi connectivity index (χ3v) is 6.47. The third-order valence-electron chi connectivity index (χ3n) is 6.47. The highest BCUT2D eigenvalue weighted by atomic mass is 16.5. The van der Waals surface area contributed by atoms with E-state index in [1.165, 1.54) is 10.7 Å². The van der Waals surface area contributed by atoms with Gasteiger partial charge in [-0.15, -0.1) is 0 Å². The number of carbonyl (C=O) groups is 1. The number of nitrogens with zero attached hydrogens (tertiary/aromatic N) is 3. The van der Waals surface area contributed by atoms with Crippen molar-refractivity contribution in [2.45, 2.75) is 20.3 Å². The van der Waals surface area contributed by atoms with Gasteiger partial charge >= 0.3 is 0 Å². The van der Waals surface area contributed by atoms with Crippen LogP contribution in [0.3, 0.4) is 0 Å². The monoisotopic (exact) mass is 536 g/mol. The molecule has 0 fully saturated rings. The van der Waals surface area contributed by atoms with Gasteiger partial charge in [-0.25, -0.2) is 0 Å². The number of fused-ring (bicyclic) bond motifs is 1. The van der Waals surface area contributed by atoms with Crippen LogP contribution in [0.25, 0.3) is 16.6 Å². The van der Waals surface area contributed by atoms with Crippen LogP contribution in [0, 0.1) is 6.92 Å². The van der Waals surface area contributed by atoms with E-state index in [0.717, 1.165) is 17.4 Å². The molecule has 0 aliphatic rings. The van der Waals surface area contributed by atoms with E-state index in [2.05, 4.69) is 22.3 Å². The summed E-state index contributed by atoms with van der Waals surface area (Å²) in [6, 6.07) is 21.3. The SMILES string of the molecule is CCc1ccc(-n2nc(C(=O)Nc3ccc(Oc4ccnc5cc(OC)c(OC)cc45)cc3)c(C)cc2=O)cc1. The Morgan fingerprint density at radius 2 is 1.60 bits per heavy atom. The van der Waals surface area contributed by atoms with Crippen molar-refractivity contribution in [1.82, 2.24) is 14.8 Å². The van der Waals surface area contributed by atoms with E-state index < -0.39 is 5.91 Å². The van der Waals surface area contributed by atoms with Gasteiger partial charge in [0.15, 0.2) is 17.2 Å². The average molecular weight is 537 g/mol. The summed E-state index contributed by atoms with van der Waals surface area (Å²) in [5.41, 5.74) is 3.33. The molecule has 3 aromatic carbocycles. The summed E-state index contributed by atoms with van der Waals surface area (Å²) in [6.45, 7) is 3.75. The summed E-state index contributed by atoms with van der Waals surface area (Å²) in [5.74, 6) is 1.88. The fourth-order valence-corrected chi connectivity index (χ4v) is 4.29. The number of carbonyl (C=O) groups excluding carboxylic acids is 1. The van der Waals surface area contributed by atoms with Crippen molar-refractivity contribution in [1.29, 1.82) is 0 Å². The molecule has 0 saturated heterocycles. The molecular formula is C31H28N4O5. The van der Waals surface area contributed by atoms with Crippen LogP contribution >= 0.6 is 0 Å². The molecule has 1 amide bonds. The lowest BCUT2D eigenvalue weighted by Crippen LogP contribution is -2.26. The molecule has 0 bridgehead atoms. The second-order valence-corrected chi connectivity index (χ2v) is 9.06. The zero-order valence-electron chi connectivity index (χ0n) is 22.6. The van der Waals surface area contributed by atoms with Crippen LogP contribution in [-0.2, 0) is 6.42 Å². The second-order valence-electron chi connectivity index (χ2n) is 9.06. The van der Waals surface area contributed by atoms with Crippen molar-refractivity contribution in [3.05, 3.63) is 106 Å². The summed E-state index contributed by atoms with van der Waals surface area (Å²) in [4.78, 5) is 30.1. The van der Waals surface area contributed by atoms with Gasteiger partial charge in [0, 0.05) is 29.4 Å². The molecule has 0 spiro atoms. The lowest BCUT2D eigenvalue weighted by atomic mass is 10.1. The standard InChI is InChI=1S/C31H28N4O5/c1-5-20-6-10-22(11-7-20)35-29(36)16-19(2)30(34-35)31(37)33-21-8-12-23(13-9-21)40-26-14-15-32-25-18-28(39-4)27(38-3)17-24(25)26/h6-18H,5H2,1-4H3,(H,33,37). The van der Waals surface area contributed by atoms with Crippen molar-refractivity contribution >= 4 is 22.5 Å². The fourth-order valence-electron chi connectivity index (χ4n) is 4.29. The summed E-state index contributed by atoms with van der Waals surface area (Å²) < 4.78 is 18.2. The highest BCUT2D eigenvalue weighted by Gasteiger charge is 2.16. The maximum atomic E-state index is 13.1. The number of amides is 1. The van der Waals surface area contributed by atoms with Gasteiger partial charge in [0.2, 0.25) is 0 Å². The first kappa shape index (κ1) is 26.4. The topological polar surface area (TPSA) is 105 Å². The van der Waals surface area contributed by atoms with Gasteiger partial charge in [0.1, 0.15) is 11.5 Å². The first-order valence-electron chi connectivity index (χ1n) is 12.7. The maximum absolute atomic E-state index is 13.1. The second kappa shape index (κ2) is 11.3. The number of hydrogen-bond donors (Lipinski definition) is 1. The first-order valence-corrected chi connectivity index (χ1v) is 12.7. The van der Waals surface area contributed by atoms with E-state index in [-0.39, 0.29) is 11.3 Å². The van der Waals surface area contributed by atoms with Gasteiger partial charge in [-0.1, -0.05) is 19.1 Å². The van der Waals surface area contributed by atoms with E-state index in [4.69, 9.17) is 14.2 Å². The number of anilines is 1. The number of nitrogens with one attached hydrogen (secondary N) is 1. The Balaban J connectivity index is 1.35. The molecule has 0 unspecified atom stereocenters. The molecule has 1 N–H and O–H groups in total. The first-order chi connectivity index (χ1) is 19.4. The number of methoxy groups -OCH3 is 2. The molecule has 0 atom stereocenters. The predicted octanol–water partition coefficient (Wildman–Crippen LogP) is 5.71. The largest absolute Gasteiger partial charge is 0.493 e.